The van der Waals surface area contributed by atoms with Crippen molar-refractivity contribution in [1.29, 1.82) is 0 Å². The highest BCUT2D eigenvalue weighted by atomic mass is 35.5. The molecule has 1 aromatic carbocycles. The van der Waals surface area contributed by atoms with Gasteiger partial charge in [-0.2, -0.15) is 0 Å². The number of benzene rings is 1. The van der Waals surface area contributed by atoms with Gasteiger partial charge in [0.1, 0.15) is 4.90 Å². The molecule has 4 nitrogen and oxygen atoms in total. The van der Waals surface area contributed by atoms with Crippen LogP contribution < -0.4 is 10.5 Å². The summed E-state index contributed by atoms with van der Waals surface area (Å²) in [6.45, 7) is 3.38. The summed E-state index contributed by atoms with van der Waals surface area (Å²) >= 11 is 5.74. The van der Waals surface area contributed by atoms with Crippen LogP contribution in [0.15, 0.2) is 23.1 Å². The highest BCUT2D eigenvalue weighted by molar-refractivity contribution is 7.89. The van der Waals surface area contributed by atoms with E-state index in [2.05, 4.69) is 5.32 Å². The predicted molar refractivity (Wildman–Crippen MR) is 60.2 cm³/mol. The van der Waals surface area contributed by atoms with Crippen molar-refractivity contribution in [2.45, 2.75) is 18.4 Å². The number of sulfonamides is 1. The van der Waals surface area contributed by atoms with Crippen LogP contribution in [0.1, 0.15) is 12.5 Å². The average Bonchev–Trinajstić information content (AvgIpc) is 2.15. The van der Waals surface area contributed by atoms with Gasteiger partial charge in [-0.3, -0.25) is 0 Å². The first-order valence-corrected chi connectivity index (χ1v) is 6.39. The third kappa shape index (κ3) is 3.46. The van der Waals surface area contributed by atoms with E-state index in [1.54, 1.807) is 6.07 Å². The summed E-state index contributed by atoms with van der Waals surface area (Å²) in [6, 6.07) is 4.79. The van der Waals surface area contributed by atoms with Gasteiger partial charge in [0.15, 0.2) is 0 Å². The van der Waals surface area contributed by atoms with Crippen molar-refractivity contribution in [1.82, 2.24) is 5.32 Å². The minimum atomic E-state index is -3.74. The number of rotatable bonds is 4. The molecule has 84 valence electrons. The van der Waals surface area contributed by atoms with Crippen LogP contribution in [0.3, 0.4) is 0 Å². The van der Waals surface area contributed by atoms with E-state index in [-0.39, 0.29) is 9.92 Å². The molecule has 0 fully saturated rings. The fraction of sp³-hybridized carbons (Fsp3) is 0.333. The Morgan fingerprint density at radius 2 is 2.13 bits per heavy atom. The molecule has 0 saturated heterocycles. The van der Waals surface area contributed by atoms with E-state index in [0.29, 0.717) is 6.54 Å². The molecule has 0 unspecified atom stereocenters. The number of hydrogen-bond donors (Lipinski definition) is 2. The molecule has 0 aliphatic heterocycles. The SMILES string of the molecule is CCNCc1ccc(Cl)c(S(N)(=O)=O)c1. The number of halogens is 1. The fourth-order valence-electron chi connectivity index (χ4n) is 1.15. The Hall–Kier alpha value is -0.620. The summed E-state index contributed by atoms with van der Waals surface area (Å²) in [5, 5.41) is 8.26. The number of nitrogens with one attached hydrogen (secondary N) is 1. The van der Waals surface area contributed by atoms with Crippen LogP contribution in [-0.2, 0) is 16.6 Å². The zero-order chi connectivity index (χ0) is 11.5. The van der Waals surface area contributed by atoms with Gasteiger partial charge >= 0.3 is 0 Å². The number of hydrogen-bond acceptors (Lipinski definition) is 3. The molecule has 0 amide bonds. The summed E-state index contributed by atoms with van der Waals surface area (Å²) in [5.74, 6) is 0. The largest absolute Gasteiger partial charge is 0.313 e. The smallest absolute Gasteiger partial charge is 0.239 e. The predicted octanol–water partition coefficient (Wildman–Crippen LogP) is 1.10. The third-order valence-electron chi connectivity index (χ3n) is 1.88. The highest BCUT2D eigenvalue weighted by Gasteiger charge is 2.13. The Labute approximate surface area is 94.5 Å². The maximum atomic E-state index is 11.2. The zero-order valence-corrected chi connectivity index (χ0v) is 9.90. The second kappa shape index (κ2) is 4.94. The Bertz CT molecular complexity index is 445. The molecule has 3 N–H and O–H groups in total. The second-order valence-electron chi connectivity index (χ2n) is 3.09. The Kier molecular flexibility index (Phi) is 4.10. The highest BCUT2D eigenvalue weighted by Crippen LogP contribution is 2.21. The number of primary sulfonamides is 1. The van der Waals surface area contributed by atoms with Crippen LogP contribution in [0.25, 0.3) is 0 Å². The van der Waals surface area contributed by atoms with Gasteiger partial charge in [-0.1, -0.05) is 24.6 Å². The van der Waals surface area contributed by atoms with Crippen molar-refractivity contribution >= 4 is 21.6 Å². The average molecular weight is 249 g/mol. The van der Waals surface area contributed by atoms with E-state index >= 15 is 0 Å². The molecule has 0 saturated carbocycles. The van der Waals surface area contributed by atoms with Gasteiger partial charge in [-0.25, -0.2) is 13.6 Å². The van der Waals surface area contributed by atoms with Crippen LogP contribution in [0.4, 0.5) is 0 Å². The molecule has 0 atom stereocenters. The first-order valence-electron chi connectivity index (χ1n) is 4.47. The minimum absolute atomic E-state index is 0.0282. The summed E-state index contributed by atoms with van der Waals surface area (Å²) in [7, 11) is -3.74. The lowest BCUT2D eigenvalue weighted by atomic mass is 10.2. The van der Waals surface area contributed by atoms with Crippen molar-refractivity contribution in [3.63, 3.8) is 0 Å². The lowest BCUT2D eigenvalue weighted by Gasteiger charge is -2.06. The van der Waals surface area contributed by atoms with E-state index in [0.717, 1.165) is 12.1 Å². The van der Waals surface area contributed by atoms with Crippen LogP contribution in [-0.4, -0.2) is 15.0 Å². The fourth-order valence-corrected chi connectivity index (χ4v) is 2.24. The summed E-state index contributed by atoms with van der Waals surface area (Å²) in [6.07, 6.45) is 0. The Balaban J connectivity index is 3.06. The van der Waals surface area contributed by atoms with Crippen molar-refractivity contribution in [2.75, 3.05) is 6.54 Å². The Morgan fingerprint density at radius 1 is 1.47 bits per heavy atom. The van der Waals surface area contributed by atoms with Crippen molar-refractivity contribution in [3.8, 4) is 0 Å². The lowest BCUT2D eigenvalue weighted by Crippen LogP contribution is -2.15. The van der Waals surface area contributed by atoms with Crippen LogP contribution >= 0.6 is 11.6 Å². The molecule has 0 aliphatic rings. The summed E-state index contributed by atoms with van der Waals surface area (Å²) in [5.41, 5.74) is 0.838. The minimum Gasteiger partial charge on any atom is -0.313 e. The van der Waals surface area contributed by atoms with Gasteiger partial charge in [0, 0.05) is 6.54 Å². The summed E-state index contributed by atoms with van der Waals surface area (Å²) < 4.78 is 22.3. The quantitative estimate of drug-likeness (QED) is 0.838. The maximum Gasteiger partial charge on any atom is 0.239 e. The maximum absolute atomic E-state index is 11.2. The molecule has 0 aromatic heterocycles. The monoisotopic (exact) mass is 248 g/mol. The van der Waals surface area contributed by atoms with E-state index in [9.17, 15) is 8.42 Å². The standard InChI is InChI=1S/C9H13ClN2O2S/c1-2-12-6-7-3-4-8(10)9(5-7)15(11,13)14/h3-5,12H,2,6H2,1H3,(H2,11,13,14). The molecule has 6 heteroatoms. The second-order valence-corrected chi connectivity index (χ2v) is 5.03. The van der Waals surface area contributed by atoms with Crippen molar-refractivity contribution in [3.05, 3.63) is 28.8 Å². The third-order valence-corrected chi connectivity index (χ3v) is 3.27. The Morgan fingerprint density at radius 3 is 2.67 bits per heavy atom. The summed E-state index contributed by atoms with van der Waals surface area (Å²) in [4.78, 5) is -0.0282. The molecule has 1 rings (SSSR count). The van der Waals surface area contributed by atoms with Crippen molar-refractivity contribution in [2.24, 2.45) is 5.14 Å². The van der Waals surface area contributed by atoms with Gasteiger partial charge in [-0.15, -0.1) is 0 Å². The van der Waals surface area contributed by atoms with Crippen LogP contribution in [0.2, 0.25) is 5.02 Å². The molecule has 1 aromatic rings. The zero-order valence-electron chi connectivity index (χ0n) is 8.33. The number of nitrogens with two attached hydrogens (primary N) is 1. The molecule has 0 heterocycles. The molecule has 0 spiro atoms. The van der Waals surface area contributed by atoms with Crippen LogP contribution in [0.5, 0.6) is 0 Å². The van der Waals surface area contributed by atoms with Crippen molar-refractivity contribution < 1.29 is 8.42 Å². The molecule has 0 bridgehead atoms. The van der Waals surface area contributed by atoms with Gasteiger partial charge in [0.25, 0.3) is 0 Å². The first kappa shape index (κ1) is 12.4. The van der Waals surface area contributed by atoms with Crippen LogP contribution in [0, 0.1) is 0 Å². The van der Waals surface area contributed by atoms with E-state index < -0.39 is 10.0 Å². The molecule has 0 radical (unpaired) electrons. The van der Waals surface area contributed by atoms with Gasteiger partial charge in [-0.05, 0) is 24.2 Å². The normalized spacial score (nSPS) is 11.7. The lowest BCUT2D eigenvalue weighted by molar-refractivity contribution is 0.597. The first-order chi connectivity index (χ1) is 6.95. The van der Waals surface area contributed by atoms with E-state index in [1.165, 1.54) is 12.1 Å². The van der Waals surface area contributed by atoms with E-state index in [1.807, 2.05) is 6.92 Å². The molecule has 15 heavy (non-hydrogen) atoms. The van der Waals surface area contributed by atoms with Gasteiger partial charge < -0.3 is 5.32 Å². The van der Waals surface area contributed by atoms with Gasteiger partial charge in [0.2, 0.25) is 10.0 Å². The topological polar surface area (TPSA) is 72.2 Å². The van der Waals surface area contributed by atoms with Gasteiger partial charge in [0.05, 0.1) is 5.02 Å². The molecule has 0 aliphatic carbocycles. The molecular formula is C9H13ClN2O2S. The van der Waals surface area contributed by atoms with E-state index in [4.69, 9.17) is 16.7 Å². The molecular weight excluding hydrogens is 236 g/mol.